The minimum absolute atomic E-state index is 0. The van der Waals surface area contributed by atoms with Gasteiger partial charge in [0.25, 0.3) is 0 Å². The van der Waals surface area contributed by atoms with Gasteiger partial charge in [0.2, 0.25) is 0 Å². The van der Waals surface area contributed by atoms with Gasteiger partial charge in [0, 0.05) is 33.6 Å². The van der Waals surface area contributed by atoms with E-state index < -0.39 is 0 Å². The van der Waals surface area contributed by atoms with E-state index in [9.17, 15) is 0 Å². The molecule has 0 saturated heterocycles. The summed E-state index contributed by atoms with van der Waals surface area (Å²) in [5, 5.41) is 15.8. The first-order valence-electron chi connectivity index (χ1n) is 6.96. The molecule has 0 aromatic carbocycles. The Morgan fingerprint density at radius 1 is 1.38 bits per heavy atom. The maximum atomic E-state index is 4.32. The third-order valence-electron chi connectivity index (χ3n) is 2.85. The zero-order valence-corrected chi connectivity index (χ0v) is 16.7. The highest BCUT2D eigenvalue weighted by molar-refractivity contribution is 14.0. The number of thioether (sulfide) groups is 1. The van der Waals surface area contributed by atoms with Crippen LogP contribution < -0.4 is 10.6 Å². The number of halogens is 1. The number of hydrogen-bond acceptors (Lipinski definition) is 4. The monoisotopic (exact) mass is 426 g/mol. The molecule has 0 radical (unpaired) electrons. The first-order chi connectivity index (χ1) is 9.62. The number of rotatable bonds is 7. The number of aliphatic imine (C=N–C) groups is 1. The Hall–Kier alpha value is -0.510. The predicted octanol–water partition coefficient (Wildman–Crippen LogP) is 2.00. The van der Waals surface area contributed by atoms with E-state index >= 15 is 0 Å². The number of aromatic nitrogens is 3. The van der Waals surface area contributed by atoms with E-state index in [2.05, 4.69) is 44.2 Å². The highest BCUT2D eigenvalue weighted by atomic mass is 127. The molecule has 1 rings (SSSR count). The summed E-state index contributed by atoms with van der Waals surface area (Å²) in [4.78, 5) is 4.08. The summed E-state index contributed by atoms with van der Waals surface area (Å²) in [5.41, 5.74) is 0. The summed E-state index contributed by atoms with van der Waals surface area (Å²) in [5.74, 6) is 2.49. The van der Waals surface area contributed by atoms with Crippen molar-refractivity contribution in [2.24, 2.45) is 10.9 Å². The smallest absolute Gasteiger partial charge is 0.190 e. The molecule has 0 unspecified atom stereocenters. The van der Waals surface area contributed by atoms with Gasteiger partial charge in [-0.2, -0.15) is 0 Å². The Balaban J connectivity index is 0.00000400. The molecule has 0 spiro atoms. The third kappa shape index (κ3) is 6.86. The third-order valence-corrected chi connectivity index (χ3v) is 3.52. The highest BCUT2D eigenvalue weighted by Crippen LogP contribution is 2.16. The summed E-state index contributed by atoms with van der Waals surface area (Å²) in [6.45, 7) is 6.28. The predicted molar refractivity (Wildman–Crippen MR) is 101 cm³/mol. The van der Waals surface area contributed by atoms with Gasteiger partial charge in [-0.3, -0.25) is 4.99 Å². The van der Waals surface area contributed by atoms with Crippen molar-refractivity contribution in [2.45, 2.75) is 38.4 Å². The maximum Gasteiger partial charge on any atom is 0.190 e. The van der Waals surface area contributed by atoms with Gasteiger partial charge in [-0.15, -0.1) is 34.2 Å². The highest BCUT2D eigenvalue weighted by Gasteiger charge is 2.12. The standard InChI is InChI=1S/C13H26N6S.HI/c1-10(2)9-19-11(17-18-13(19)20-5)7-6-8-16-12(14-3)15-4;/h10H,6-9H2,1-5H3,(H2,14,15,16);1H. The lowest BCUT2D eigenvalue weighted by Gasteiger charge is -2.12. The van der Waals surface area contributed by atoms with Crippen LogP contribution in [-0.2, 0) is 13.0 Å². The molecular weight excluding hydrogens is 399 g/mol. The van der Waals surface area contributed by atoms with E-state index in [1.165, 1.54) is 0 Å². The normalized spacial score (nSPS) is 11.4. The summed E-state index contributed by atoms with van der Waals surface area (Å²) in [6, 6.07) is 0. The van der Waals surface area contributed by atoms with Gasteiger partial charge in [-0.25, -0.2) is 0 Å². The molecule has 122 valence electrons. The van der Waals surface area contributed by atoms with Gasteiger partial charge in [-0.1, -0.05) is 25.6 Å². The molecule has 0 saturated carbocycles. The van der Waals surface area contributed by atoms with Crippen LogP contribution in [-0.4, -0.2) is 47.6 Å². The van der Waals surface area contributed by atoms with Gasteiger partial charge in [-0.05, 0) is 18.6 Å². The minimum atomic E-state index is 0. The van der Waals surface area contributed by atoms with E-state index in [-0.39, 0.29) is 24.0 Å². The summed E-state index contributed by atoms with van der Waals surface area (Å²) in [6.07, 6.45) is 3.97. The number of nitrogens with zero attached hydrogens (tertiary/aromatic N) is 4. The van der Waals surface area contributed by atoms with Crippen LogP contribution in [0.5, 0.6) is 0 Å². The van der Waals surface area contributed by atoms with E-state index in [1.54, 1.807) is 18.8 Å². The Morgan fingerprint density at radius 2 is 2.10 bits per heavy atom. The molecule has 0 fully saturated rings. The van der Waals surface area contributed by atoms with Gasteiger partial charge in [0.05, 0.1) is 0 Å². The van der Waals surface area contributed by atoms with Crippen molar-refractivity contribution in [3.05, 3.63) is 5.82 Å². The Bertz CT molecular complexity index is 432. The Morgan fingerprint density at radius 3 is 2.62 bits per heavy atom. The molecule has 1 aromatic rings. The van der Waals surface area contributed by atoms with Gasteiger partial charge in [0.15, 0.2) is 11.1 Å². The largest absolute Gasteiger partial charge is 0.359 e. The topological polar surface area (TPSA) is 67.1 Å². The van der Waals surface area contributed by atoms with E-state index in [0.717, 1.165) is 42.9 Å². The molecule has 0 aliphatic heterocycles. The number of guanidine groups is 1. The second kappa shape index (κ2) is 11.1. The average Bonchev–Trinajstić information content (AvgIpc) is 2.80. The van der Waals surface area contributed by atoms with Crippen LogP contribution in [0.25, 0.3) is 0 Å². The zero-order chi connectivity index (χ0) is 15.0. The Labute approximate surface area is 149 Å². The number of nitrogens with one attached hydrogen (secondary N) is 2. The SMILES string of the molecule is CN=C(NC)NCCCc1nnc(SC)n1CC(C)C.I. The van der Waals surface area contributed by atoms with E-state index in [1.807, 2.05) is 13.3 Å². The average molecular weight is 426 g/mol. The van der Waals surface area contributed by atoms with E-state index in [0.29, 0.717) is 5.92 Å². The van der Waals surface area contributed by atoms with Crippen LogP contribution in [0.15, 0.2) is 10.1 Å². The molecule has 0 atom stereocenters. The molecule has 8 heteroatoms. The Kier molecular flexibility index (Phi) is 10.8. The summed E-state index contributed by atoms with van der Waals surface area (Å²) >= 11 is 1.65. The van der Waals surface area contributed by atoms with Crippen LogP contribution >= 0.6 is 35.7 Å². The second-order valence-electron chi connectivity index (χ2n) is 4.96. The zero-order valence-electron chi connectivity index (χ0n) is 13.5. The fourth-order valence-corrected chi connectivity index (χ4v) is 2.46. The molecule has 0 amide bonds. The van der Waals surface area contributed by atoms with Crippen LogP contribution in [0.1, 0.15) is 26.1 Å². The maximum absolute atomic E-state index is 4.32. The summed E-state index contributed by atoms with van der Waals surface area (Å²) < 4.78 is 2.24. The molecule has 0 bridgehead atoms. The lowest BCUT2D eigenvalue weighted by atomic mass is 10.2. The van der Waals surface area contributed by atoms with Crippen LogP contribution in [0.2, 0.25) is 0 Å². The molecule has 1 heterocycles. The van der Waals surface area contributed by atoms with Crippen molar-refractivity contribution in [1.82, 2.24) is 25.4 Å². The van der Waals surface area contributed by atoms with Crippen molar-refractivity contribution in [2.75, 3.05) is 26.9 Å². The van der Waals surface area contributed by atoms with Gasteiger partial charge in [0.1, 0.15) is 5.82 Å². The van der Waals surface area contributed by atoms with Gasteiger partial charge < -0.3 is 15.2 Å². The molecule has 6 nitrogen and oxygen atoms in total. The van der Waals surface area contributed by atoms with Gasteiger partial charge >= 0.3 is 0 Å². The second-order valence-corrected chi connectivity index (χ2v) is 5.73. The van der Waals surface area contributed by atoms with Crippen LogP contribution in [0, 0.1) is 5.92 Å². The van der Waals surface area contributed by atoms with Crippen molar-refractivity contribution in [3.8, 4) is 0 Å². The number of aryl methyl sites for hydroxylation is 1. The first kappa shape index (κ1) is 20.5. The van der Waals surface area contributed by atoms with Crippen LogP contribution in [0.3, 0.4) is 0 Å². The molecule has 21 heavy (non-hydrogen) atoms. The molecule has 0 aliphatic rings. The quantitative estimate of drug-likeness (QED) is 0.230. The number of hydrogen-bond donors (Lipinski definition) is 2. The lowest BCUT2D eigenvalue weighted by molar-refractivity contribution is 0.477. The molecule has 0 aliphatic carbocycles. The minimum Gasteiger partial charge on any atom is -0.359 e. The van der Waals surface area contributed by atoms with Crippen molar-refractivity contribution in [3.63, 3.8) is 0 Å². The molecular formula is C13H27IN6S. The fourth-order valence-electron chi connectivity index (χ4n) is 1.94. The lowest BCUT2D eigenvalue weighted by Crippen LogP contribution is -2.35. The first-order valence-corrected chi connectivity index (χ1v) is 8.19. The fraction of sp³-hybridized carbons (Fsp3) is 0.769. The van der Waals surface area contributed by atoms with Crippen molar-refractivity contribution >= 4 is 41.7 Å². The van der Waals surface area contributed by atoms with Crippen LogP contribution in [0.4, 0.5) is 0 Å². The molecule has 2 N–H and O–H groups in total. The summed E-state index contributed by atoms with van der Waals surface area (Å²) in [7, 11) is 3.63. The van der Waals surface area contributed by atoms with Crippen molar-refractivity contribution in [1.29, 1.82) is 0 Å². The van der Waals surface area contributed by atoms with E-state index in [4.69, 9.17) is 0 Å². The van der Waals surface area contributed by atoms with Crippen molar-refractivity contribution < 1.29 is 0 Å². The molecule has 1 aromatic heterocycles.